The van der Waals surface area contributed by atoms with Crippen LogP contribution in [-0.2, 0) is 14.6 Å². The predicted molar refractivity (Wildman–Crippen MR) is 99.6 cm³/mol. The van der Waals surface area contributed by atoms with Crippen LogP contribution in [0.15, 0.2) is 29.2 Å². The van der Waals surface area contributed by atoms with E-state index < -0.39 is 30.9 Å². The number of hydrogen-bond acceptors (Lipinski definition) is 4. The highest BCUT2D eigenvalue weighted by molar-refractivity contribution is 7.90. The largest absolute Gasteiger partial charge is 0.432 e. The molecule has 0 spiro atoms. The minimum Gasteiger partial charge on any atom is -0.432 e. The minimum atomic E-state index is -3.27. The second kappa shape index (κ2) is 8.91. The van der Waals surface area contributed by atoms with Gasteiger partial charge in [0.2, 0.25) is 5.91 Å². The topological polar surface area (TPSA) is 83.5 Å². The molecule has 0 aliphatic rings. The first-order chi connectivity index (χ1) is 11.4. The molecule has 142 valence electrons. The Kier molecular flexibility index (Phi) is 7.77. The molecule has 0 radical (unpaired) electrons. The van der Waals surface area contributed by atoms with Crippen LogP contribution in [0.2, 0.25) is 19.1 Å². The summed E-state index contributed by atoms with van der Waals surface area (Å²) >= 11 is 0. The molecule has 1 aromatic carbocycles. The Morgan fingerprint density at radius 3 is 2.28 bits per heavy atom. The maximum absolute atomic E-state index is 13.4. The summed E-state index contributed by atoms with van der Waals surface area (Å²) in [4.78, 5) is 22.0. The van der Waals surface area contributed by atoms with Gasteiger partial charge in [0.15, 0.2) is 18.2 Å². The first-order valence-electron chi connectivity index (χ1n) is 8.32. The summed E-state index contributed by atoms with van der Waals surface area (Å²) in [6.07, 6.45) is 1.97. The van der Waals surface area contributed by atoms with Crippen molar-refractivity contribution in [3.05, 3.63) is 29.8 Å². The number of rotatable bonds is 9. The lowest BCUT2D eigenvalue weighted by Gasteiger charge is -2.23. The number of sulfone groups is 1. The second-order valence-corrected chi connectivity index (χ2v) is 13.3. The zero-order chi connectivity index (χ0) is 19.3. The normalized spacial score (nSPS) is 14.8. The Balaban J connectivity index is 2.68. The zero-order valence-electron chi connectivity index (χ0n) is 15.3. The van der Waals surface area contributed by atoms with Gasteiger partial charge < -0.3 is 10.1 Å². The Bertz CT molecular complexity index is 671. The summed E-state index contributed by atoms with van der Waals surface area (Å²) in [6.45, 7) is 4.72. The lowest BCUT2D eigenvalue weighted by molar-refractivity contribution is -0.122. The zero-order valence-corrected chi connectivity index (χ0v) is 17.1. The molecular weight excluding hydrogens is 361 g/mol. The van der Waals surface area contributed by atoms with Crippen LogP contribution in [0, 0.1) is 0 Å². The molecule has 0 saturated carbocycles. The van der Waals surface area contributed by atoms with Crippen molar-refractivity contribution in [2.45, 2.75) is 55.8 Å². The Morgan fingerprint density at radius 1 is 1.28 bits per heavy atom. The Hall–Kier alpha value is -1.25. The first-order valence-corrected chi connectivity index (χ1v) is 13.4. The molecule has 1 rings (SSSR count). The van der Waals surface area contributed by atoms with Crippen molar-refractivity contribution >= 4 is 24.1 Å². The van der Waals surface area contributed by atoms with E-state index in [0.717, 1.165) is 11.8 Å². The van der Waals surface area contributed by atoms with Gasteiger partial charge in [0.05, 0.1) is 10.9 Å². The summed E-state index contributed by atoms with van der Waals surface area (Å²) in [5, 5.41) is 2.70. The Morgan fingerprint density at radius 2 is 1.84 bits per heavy atom. The van der Waals surface area contributed by atoms with Gasteiger partial charge in [-0.25, -0.2) is 12.8 Å². The number of benzene rings is 1. The van der Waals surface area contributed by atoms with E-state index in [0.29, 0.717) is 12.5 Å². The molecule has 1 aromatic rings. The third kappa shape index (κ3) is 7.66. The number of nitrogens with one attached hydrogen (secondary N) is 1. The van der Waals surface area contributed by atoms with E-state index in [1.165, 1.54) is 12.1 Å². The number of carbonyl (C=O) groups is 1. The van der Waals surface area contributed by atoms with Crippen molar-refractivity contribution in [3.63, 3.8) is 0 Å². The molecule has 5 nitrogen and oxygen atoms in total. The van der Waals surface area contributed by atoms with Crippen molar-refractivity contribution in [2.24, 2.45) is 0 Å². The van der Waals surface area contributed by atoms with E-state index in [1.807, 2.05) is 13.1 Å². The molecule has 0 heterocycles. The van der Waals surface area contributed by atoms with Crippen LogP contribution in [0.1, 0.15) is 31.2 Å². The highest BCUT2D eigenvalue weighted by Gasteiger charge is 2.22. The van der Waals surface area contributed by atoms with Crippen LogP contribution in [0.4, 0.5) is 4.39 Å². The van der Waals surface area contributed by atoms with Gasteiger partial charge in [-0.2, -0.15) is 0 Å². The Labute approximate surface area is 150 Å². The lowest BCUT2D eigenvalue weighted by Crippen LogP contribution is -2.40. The third-order valence-electron chi connectivity index (χ3n) is 4.14. The number of carbonyl (C=O) groups excluding carboxylic acids is 1. The van der Waals surface area contributed by atoms with E-state index in [1.54, 1.807) is 19.1 Å². The highest BCUT2D eigenvalue weighted by Crippen LogP contribution is 2.22. The van der Waals surface area contributed by atoms with Crippen LogP contribution in [0.25, 0.3) is 0 Å². The number of amides is 1. The summed E-state index contributed by atoms with van der Waals surface area (Å²) in [6, 6.07) is 6.24. The molecule has 2 atom stereocenters. The fourth-order valence-corrected chi connectivity index (χ4v) is 4.18. The average molecular weight is 390 g/mol. The van der Waals surface area contributed by atoms with Crippen molar-refractivity contribution in [1.82, 2.24) is 5.32 Å². The van der Waals surface area contributed by atoms with Crippen molar-refractivity contribution in [2.75, 3.05) is 12.9 Å². The molecule has 2 N–H and O–H groups in total. The van der Waals surface area contributed by atoms with Gasteiger partial charge in [-0.15, -0.1) is 0 Å². The summed E-state index contributed by atoms with van der Waals surface area (Å²) in [5.41, 5.74) is 0.763. The molecular formula is C17H28FNO4SSi. The van der Waals surface area contributed by atoms with Crippen LogP contribution in [-0.4, -0.2) is 46.4 Å². The van der Waals surface area contributed by atoms with Gasteiger partial charge in [0, 0.05) is 18.6 Å². The standard InChI is InChI=1S/C17H28FNO4SSi/c1-13(14-7-9-15(10-8-14)24(2,21)22)16(12-18)19-17(20)6-5-11-25(3,4)23/h7-10,13,16,23H,5-6,11-12H2,1-4H3,(H,19,20)/t13-,16-/m0/s1. The molecule has 0 fully saturated rings. The number of hydrogen-bond donors (Lipinski definition) is 2. The fourth-order valence-electron chi connectivity index (χ4n) is 2.51. The SMILES string of the molecule is C[C@@H](c1ccc(S(C)(=O)=O)cc1)[C@H](CF)NC(=O)CCC[Si](C)(C)O. The molecule has 0 aromatic heterocycles. The van der Waals surface area contributed by atoms with Crippen molar-refractivity contribution < 1.29 is 22.4 Å². The lowest BCUT2D eigenvalue weighted by atomic mass is 9.94. The molecule has 1 amide bonds. The minimum absolute atomic E-state index is 0.208. The number of halogens is 1. The highest BCUT2D eigenvalue weighted by atomic mass is 32.2. The molecule has 0 saturated heterocycles. The van der Waals surface area contributed by atoms with E-state index in [4.69, 9.17) is 0 Å². The monoisotopic (exact) mass is 389 g/mol. The first kappa shape index (κ1) is 21.8. The van der Waals surface area contributed by atoms with E-state index in [-0.39, 0.29) is 23.1 Å². The molecule has 0 bridgehead atoms. The van der Waals surface area contributed by atoms with Gasteiger partial charge in [-0.05, 0) is 43.3 Å². The van der Waals surface area contributed by atoms with E-state index in [2.05, 4.69) is 5.32 Å². The van der Waals surface area contributed by atoms with Gasteiger partial charge in [0.1, 0.15) is 6.67 Å². The average Bonchev–Trinajstić information content (AvgIpc) is 2.50. The van der Waals surface area contributed by atoms with Gasteiger partial charge in [-0.1, -0.05) is 19.1 Å². The van der Waals surface area contributed by atoms with Crippen LogP contribution >= 0.6 is 0 Å². The van der Waals surface area contributed by atoms with Crippen LogP contribution in [0.5, 0.6) is 0 Å². The molecule has 25 heavy (non-hydrogen) atoms. The maximum Gasteiger partial charge on any atom is 0.220 e. The van der Waals surface area contributed by atoms with Gasteiger partial charge in [0.25, 0.3) is 0 Å². The quantitative estimate of drug-likeness (QED) is 0.636. The van der Waals surface area contributed by atoms with Crippen LogP contribution < -0.4 is 5.32 Å². The van der Waals surface area contributed by atoms with Gasteiger partial charge >= 0.3 is 0 Å². The molecule has 0 unspecified atom stereocenters. The second-order valence-electron chi connectivity index (χ2n) is 7.12. The summed E-state index contributed by atoms with van der Waals surface area (Å²) < 4.78 is 36.4. The van der Waals surface area contributed by atoms with Crippen LogP contribution in [0.3, 0.4) is 0 Å². The summed E-state index contributed by atoms with van der Waals surface area (Å²) in [5.74, 6) is -0.522. The van der Waals surface area contributed by atoms with Gasteiger partial charge in [-0.3, -0.25) is 4.79 Å². The summed E-state index contributed by atoms with van der Waals surface area (Å²) in [7, 11) is -5.44. The molecule has 0 aliphatic heterocycles. The fraction of sp³-hybridized carbons (Fsp3) is 0.588. The maximum atomic E-state index is 13.4. The number of alkyl halides is 1. The van der Waals surface area contributed by atoms with E-state index >= 15 is 0 Å². The van der Waals surface area contributed by atoms with Crippen molar-refractivity contribution in [1.29, 1.82) is 0 Å². The predicted octanol–water partition coefficient (Wildman–Crippen LogP) is 2.63. The molecule has 0 aliphatic carbocycles. The van der Waals surface area contributed by atoms with E-state index in [9.17, 15) is 22.4 Å². The van der Waals surface area contributed by atoms with Crippen molar-refractivity contribution in [3.8, 4) is 0 Å². The smallest absolute Gasteiger partial charge is 0.220 e. The molecule has 8 heteroatoms. The third-order valence-corrected chi connectivity index (χ3v) is 6.85.